The first-order chi connectivity index (χ1) is 15.7. The quantitative estimate of drug-likeness (QED) is 0.539. The van der Waals surface area contributed by atoms with E-state index in [0.717, 1.165) is 15.1 Å². The maximum Gasteiger partial charge on any atom is 0.263 e. The van der Waals surface area contributed by atoms with E-state index in [0.29, 0.717) is 28.7 Å². The van der Waals surface area contributed by atoms with Crippen LogP contribution < -0.4 is 4.74 Å². The van der Waals surface area contributed by atoms with Crippen LogP contribution in [0.15, 0.2) is 70.6 Å². The number of amides is 1. The Kier molecular flexibility index (Phi) is 6.47. The van der Waals surface area contributed by atoms with Crippen molar-refractivity contribution in [2.75, 3.05) is 27.7 Å². The molecule has 7 nitrogen and oxygen atoms in total. The monoisotopic (exact) mass is 483 g/mol. The molecule has 0 aliphatic carbocycles. The third-order valence-electron chi connectivity index (χ3n) is 5.34. The zero-order valence-electron chi connectivity index (χ0n) is 18.8. The van der Waals surface area contributed by atoms with Gasteiger partial charge >= 0.3 is 0 Å². The number of hydrogen-bond acceptors (Lipinski definition) is 6. The van der Waals surface area contributed by atoms with Crippen molar-refractivity contribution in [3.8, 4) is 5.75 Å². The first kappa shape index (κ1) is 23.3. The summed E-state index contributed by atoms with van der Waals surface area (Å²) >= 11 is 1.48. The molecule has 0 aromatic heterocycles. The van der Waals surface area contributed by atoms with Gasteiger partial charge in [-0.1, -0.05) is 49.0 Å². The number of fused-ring (bicyclic) bond motifs is 1. The standard InChI is InChI=1S/C24H25N3O4S2/c1-16-15-27(23(28)21-12-17-8-5-6-9-18(17)13-22(21)31-4)24(32-16)25-19-10-7-11-20(14-19)33(29,30)26(2)3/h5-14,16H,15H2,1-4H3. The molecule has 1 fully saturated rings. The van der Waals surface area contributed by atoms with E-state index in [1.807, 2.05) is 43.3 Å². The minimum Gasteiger partial charge on any atom is -0.496 e. The molecule has 9 heteroatoms. The molecule has 1 aliphatic rings. The predicted octanol–water partition coefficient (Wildman–Crippen LogP) is 4.36. The number of aliphatic imine (C=N–C) groups is 1. The second-order valence-corrected chi connectivity index (χ2v) is 11.5. The number of sulfonamides is 1. The van der Waals surface area contributed by atoms with Gasteiger partial charge in [0.05, 0.1) is 23.3 Å². The van der Waals surface area contributed by atoms with Gasteiger partial charge in [0.25, 0.3) is 5.91 Å². The van der Waals surface area contributed by atoms with Crippen molar-refractivity contribution in [2.24, 2.45) is 4.99 Å². The van der Waals surface area contributed by atoms with E-state index in [1.54, 1.807) is 24.1 Å². The molecule has 3 aromatic rings. The van der Waals surface area contributed by atoms with Crippen LogP contribution in [0.1, 0.15) is 17.3 Å². The van der Waals surface area contributed by atoms with Gasteiger partial charge in [-0.05, 0) is 41.1 Å². The third-order valence-corrected chi connectivity index (χ3v) is 8.23. The lowest BCUT2D eigenvalue weighted by Gasteiger charge is -2.18. The minimum atomic E-state index is -3.59. The second-order valence-electron chi connectivity index (χ2n) is 7.92. The largest absolute Gasteiger partial charge is 0.496 e. The number of nitrogens with zero attached hydrogens (tertiary/aromatic N) is 3. The van der Waals surface area contributed by atoms with Crippen LogP contribution in [0.3, 0.4) is 0 Å². The summed E-state index contributed by atoms with van der Waals surface area (Å²) < 4.78 is 31.7. The molecule has 1 aliphatic heterocycles. The zero-order chi connectivity index (χ0) is 23.8. The SMILES string of the molecule is COc1cc2ccccc2cc1C(=O)N1CC(C)SC1=Nc1cccc(S(=O)(=O)N(C)C)c1. The van der Waals surface area contributed by atoms with Crippen LogP contribution in [0.2, 0.25) is 0 Å². The molecule has 0 N–H and O–H groups in total. The van der Waals surface area contributed by atoms with Gasteiger partial charge in [-0.3, -0.25) is 9.69 Å². The molecule has 1 heterocycles. The molecule has 0 bridgehead atoms. The number of thioether (sulfide) groups is 1. The van der Waals surface area contributed by atoms with E-state index >= 15 is 0 Å². The molecule has 0 radical (unpaired) electrons. The molecule has 1 amide bonds. The lowest BCUT2D eigenvalue weighted by atomic mass is 10.0. The Morgan fingerprint density at radius 1 is 1.09 bits per heavy atom. The van der Waals surface area contributed by atoms with Crippen LogP contribution >= 0.6 is 11.8 Å². The Morgan fingerprint density at radius 2 is 1.79 bits per heavy atom. The van der Waals surface area contributed by atoms with Gasteiger partial charge in [0.15, 0.2) is 5.17 Å². The molecule has 0 saturated carbocycles. The van der Waals surface area contributed by atoms with E-state index in [-0.39, 0.29) is 16.1 Å². The van der Waals surface area contributed by atoms with E-state index in [1.165, 1.54) is 38.0 Å². The number of carbonyl (C=O) groups excluding carboxylic acids is 1. The fraction of sp³-hybridized carbons (Fsp3) is 0.250. The molecule has 1 saturated heterocycles. The van der Waals surface area contributed by atoms with Crippen molar-refractivity contribution >= 4 is 49.3 Å². The van der Waals surface area contributed by atoms with Crippen LogP contribution in [0, 0.1) is 0 Å². The Balaban J connectivity index is 1.73. The van der Waals surface area contributed by atoms with Gasteiger partial charge in [-0.2, -0.15) is 0 Å². The topological polar surface area (TPSA) is 79.3 Å². The summed E-state index contributed by atoms with van der Waals surface area (Å²) in [7, 11) is 0.935. The highest BCUT2D eigenvalue weighted by Crippen LogP contribution is 2.33. The molecule has 1 unspecified atom stereocenters. The van der Waals surface area contributed by atoms with Crippen LogP contribution in [-0.4, -0.2) is 61.7 Å². The lowest BCUT2D eigenvalue weighted by molar-refractivity contribution is 0.0852. The summed E-state index contributed by atoms with van der Waals surface area (Å²) in [5.41, 5.74) is 0.931. The average molecular weight is 484 g/mol. The average Bonchev–Trinajstić information content (AvgIpc) is 3.17. The smallest absolute Gasteiger partial charge is 0.263 e. The number of ether oxygens (including phenoxy) is 1. The van der Waals surface area contributed by atoms with Gasteiger partial charge in [0.1, 0.15) is 5.75 Å². The number of methoxy groups -OCH3 is 1. The van der Waals surface area contributed by atoms with Crippen LogP contribution in [0.5, 0.6) is 5.75 Å². The minimum absolute atomic E-state index is 0.146. The van der Waals surface area contributed by atoms with E-state index in [4.69, 9.17) is 4.74 Å². The van der Waals surface area contributed by atoms with Gasteiger partial charge in [-0.25, -0.2) is 17.7 Å². The summed E-state index contributed by atoms with van der Waals surface area (Å²) in [4.78, 5) is 20.0. The Hall–Kier alpha value is -2.88. The predicted molar refractivity (Wildman–Crippen MR) is 133 cm³/mol. The van der Waals surface area contributed by atoms with Gasteiger partial charge < -0.3 is 4.74 Å². The number of carbonyl (C=O) groups is 1. The van der Waals surface area contributed by atoms with Crippen molar-refractivity contribution in [1.82, 2.24) is 9.21 Å². The van der Waals surface area contributed by atoms with Crippen molar-refractivity contribution < 1.29 is 17.9 Å². The maximum atomic E-state index is 13.6. The zero-order valence-corrected chi connectivity index (χ0v) is 20.5. The fourth-order valence-corrected chi connectivity index (χ4v) is 5.58. The van der Waals surface area contributed by atoms with Crippen molar-refractivity contribution in [1.29, 1.82) is 0 Å². The fourth-order valence-electron chi connectivity index (χ4n) is 3.61. The first-order valence-corrected chi connectivity index (χ1v) is 12.7. The van der Waals surface area contributed by atoms with Crippen molar-refractivity contribution in [3.63, 3.8) is 0 Å². The van der Waals surface area contributed by atoms with Gasteiger partial charge in [-0.15, -0.1) is 0 Å². The van der Waals surface area contributed by atoms with Gasteiger partial charge in [0, 0.05) is 25.9 Å². The third kappa shape index (κ3) is 4.62. The van der Waals surface area contributed by atoms with Gasteiger partial charge in [0.2, 0.25) is 10.0 Å². The number of benzene rings is 3. The molecule has 33 heavy (non-hydrogen) atoms. The number of rotatable bonds is 5. The number of hydrogen-bond donors (Lipinski definition) is 0. The van der Waals surface area contributed by atoms with Crippen LogP contribution in [-0.2, 0) is 10.0 Å². The van der Waals surface area contributed by atoms with Crippen LogP contribution in [0.4, 0.5) is 5.69 Å². The van der Waals surface area contributed by atoms with E-state index in [9.17, 15) is 13.2 Å². The molecular formula is C24H25N3O4S2. The van der Waals surface area contributed by atoms with Crippen molar-refractivity contribution in [2.45, 2.75) is 17.1 Å². The summed E-state index contributed by atoms with van der Waals surface area (Å²) in [5, 5.41) is 2.61. The highest BCUT2D eigenvalue weighted by molar-refractivity contribution is 8.14. The molecule has 0 spiro atoms. The molecule has 4 rings (SSSR count). The molecule has 172 valence electrons. The summed E-state index contributed by atoms with van der Waals surface area (Å²) in [6, 6.07) is 17.9. The highest BCUT2D eigenvalue weighted by atomic mass is 32.2. The highest BCUT2D eigenvalue weighted by Gasteiger charge is 2.33. The normalized spacial score (nSPS) is 17.8. The summed E-state index contributed by atoms with van der Waals surface area (Å²) in [6.07, 6.45) is 0. The summed E-state index contributed by atoms with van der Waals surface area (Å²) in [5.74, 6) is 0.298. The lowest BCUT2D eigenvalue weighted by Crippen LogP contribution is -2.32. The van der Waals surface area contributed by atoms with E-state index < -0.39 is 10.0 Å². The number of amidine groups is 1. The molecule has 1 atom stereocenters. The molecular weight excluding hydrogens is 458 g/mol. The Bertz CT molecular complexity index is 1350. The Labute approximate surface area is 198 Å². The molecule has 3 aromatic carbocycles. The maximum absolute atomic E-state index is 13.6. The second kappa shape index (κ2) is 9.17. The first-order valence-electron chi connectivity index (χ1n) is 10.4. The van der Waals surface area contributed by atoms with Crippen LogP contribution in [0.25, 0.3) is 10.8 Å². The van der Waals surface area contributed by atoms with Crippen molar-refractivity contribution in [3.05, 3.63) is 66.2 Å². The summed E-state index contributed by atoms with van der Waals surface area (Å²) in [6.45, 7) is 2.52. The Morgan fingerprint density at radius 3 is 2.45 bits per heavy atom. The van der Waals surface area contributed by atoms with E-state index in [2.05, 4.69) is 4.99 Å².